The summed E-state index contributed by atoms with van der Waals surface area (Å²) in [5.41, 5.74) is 6.33. The minimum atomic E-state index is -0.696. The second-order valence-electron chi connectivity index (χ2n) is 13.2. The van der Waals surface area contributed by atoms with Gasteiger partial charge in [-0.3, -0.25) is 15.1 Å². The monoisotopic (exact) mass is 658 g/mol. The molecule has 6 N–H and O–H groups in total. The molecule has 1 saturated carbocycles. The molecule has 3 fully saturated rings. The van der Waals surface area contributed by atoms with Crippen molar-refractivity contribution in [2.45, 2.75) is 89.7 Å². The molecule has 4 amide bonds. The number of carbonyl (C=O) groups is 4. The zero-order chi connectivity index (χ0) is 34.0. The predicted octanol–water partition coefficient (Wildman–Crippen LogP) is 2.80. The van der Waals surface area contributed by atoms with E-state index >= 15 is 0 Å². The summed E-state index contributed by atoms with van der Waals surface area (Å²) in [5.74, 6) is -0.425. The van der Waals surface area contributed by atoms with Crippen molar-refractivity contribution >= 4 is 35.8 Å². The maximum atomic E-state index is 13.3. The average molecular weight is 659 g/mol. The molecule has 1 unspecified atom stereocenters. The van der Waals surface area contributed by atoms with Crippen LogP contribution in [0.5, 0.6) is 0 Å². The Morgan fingerprint density at radius 3 is 1.98 bits per heavy atom. The van der Waals surface area contributed by atoms with Gasteiger partial charge < -0.3 is 45.7 Å². The van der Waals surface area contributed by atoms with E-state index in [1.54, 1.807) is 21.9 Å². The van der Waals surface area contributed by atoms with Crippen LogP contribution in [0.4, 0.5) is 20.1 Å². The lowest BCUT2D eigenvalue weighted by atomic mass is 9.96. The zero-order valence-electron chi connectivity index (χ0n) is 27.7. The van der Waals surface area contributed by atoms with Crippen LogP contribution in [0.1, 0.15) is 64.9 Å². The van der Waals surface area contributed by atoms with Crippen molar-refractivity contribution in [2.75, 3.05) is 51.1 Å². The number of benzene rings is 1. The fourth-order valence-electron chi connectivity index (χ4n) is 5.82. The molecular formula is C32H50N8O7. The third-order valence-electron chi connectivity index (χ3n) is 8.31. The van der Waals surface area contributed by atoms with E-state index < -0.39 is 17.7 Å². The number of hydrogen-bond acceptors (Lipinski definition) is 9. The molecule has 0 spiro atoms. The van der Waals surface area contributed by atoms with Crippen LogP contribution in [-0.2, 0) is 25.5 Å². The number of carbonyl (C=O) groups excluding carboxylic acids is 4. The first kappa shape index (κ1) is 35.6. The minimum absolute atomic E-state index is 0.156. The first-order chi connectivity index (χ1) is 22.4. The summed E-state index contributed by atoms with van der Waals surface area (Å²) in [5, 5.41) is 16.1. The van der Waals surface area contributed by atoms with Gasteiger partial charge in [0.05, 0.1) is 0 Å². The molecule has 3 aliphatic rings. The predicted molar refractivity (Wildman–Crippen MR) is 175 cm³/mol. The highest BCUT2D eigenvalue weighted by atomic mass is 16.6. The van der Waals surface area contributed by atoms with Crippen LogP contribution in [-0.4, -0.2) is 115 Å². The molecule has 1 atom stereocenters. The van der Waals surface area contributed by atoms with Gasteiger partial charge in [0.2, 0.25) is 5.91 Å². The first-order valence-corrected chi connectivity index (χ1v) is 16.5. The summed E-state index contributed by atoms with van der Waals surface area (Å²) >= 11 is 0. The number of nitrogens with one attached hydrogen (secondary N) is 4. The second kappa shape index (κ2) is 16.5. The van der Waals surface area contributed by atoms with E-state index in [1.165, 1.54) is 4.90 Å². The van der Waals surface area contributed by atoms with E-state index in [9.17, 15) is 19.2 Å². The molecular weight excluding hydrogens is 608 g/mol. The van der Waals surface area contributed by atoms with Gasteiger partial charge in [-0.05, 0) is 77.0 Å². The van der Waals surface area contributed by atoms with Crippen LogP contribution in [0.15, 0.2) is 24.3 Å². The van der Waals surface area contributed by atoms with Crippen LogP contribution < -0.4 is 21.7 Å². The number of nitrogens with two attached hydrogens (primary N) is 1. The normalized spacial score (nSPS) is 22.3. The van der Waals surface area contributed by atoms with Crippen LogP contribution in [0.25, 0.3) is 0 Å². The summed E-state index contributed by atoms with van der Waals surface area (Å²) in [6.45, 7) is 8.59. The van der Waals surface area contributed by atoms with Crippen molar-refractivity contribution in [3.63, 3.8) is 0 Å². The topological polar surface area (TPSA) is 192 Å². The maximum Gasteiger partial charge on any atom is 0.410 e. The molecule has 1 aliphatic carbocycles. The summed E-state index contributed by atoms with van der Waals surface area (Å²) in [6, 6.07) is 6.50. The molecule has 15 heteroatoms. The molecule has 0 bridgehead atoms. The molecule has 0 aromatic heterocycles. The van der Waals surface area contributed by atoms with E-state index in [0.29, 0.717) is 77.2 Å². The van der Waals surface area contributed by atoms with Crippen molar-refractivity contribution < 1.29 is 33.4 Å². The molecule has 260 valence electrons. The van der Waals surface area contributed by atoms with Crippen molar-refractivity contribution in [3.05, 3.63) is 29.8 Å². The SMILES string of the molecule is CC(C)(C)OC(=O)N1CCN(C(=O)O[C@H]2CCC[C@@H](OC(=O)N3CCNCC3C(=O)NCc3ccc(NC(=N)N)cc3)CCC2)CC1. The lowest BCUT2D eigenvalue weighted by Gasteiger charge is -2.36. The molecule has 4 rings (SSSR count). The van der Waals surface area contributed by atoms with E-state index in [-0.39, 0.29) is 42.8 Å². The number of nitrogens with zero attached hydrogens (tertiary/aromatic N) is 3. The molecule has 47 heavy (non-hydrogen) atoms. The fraction of sp³-hybridized carbons (Fsp3) is 0.656. The highest BCUT2D eigenvalue weighted by molar-refractivity contribution is 5.89. The Labute approximate surface area is 276 Å². The molecule has 15 nitrogen and oxygen atoms in total. The summed E-state index contributed by atoms with van der Waals surface area (Å²) in [4.78, 5) is 56.3. The van der Waals surface area contributed by atoms with Gasteiger partial charge in [0.25, 0.3) is 0 Å². The van der Waals surface area contributed by atoms with Gasteiger partial charge >= 0.3 is 18.3 Å². The van der Waals surface area contributed by atoms with E-state index in [2.05, 4.69) is 16.0 Å². The van der Waals surface area contributed by atoms with E-state index in [1.807, 2.05) is 32.9 Å². The Morgan fingerprint density at radius 2 is 1.43 bits per heavy atom. The summed E-state index contributed by atoms with van der Waals surface area (Å²) in [6.07, 6.45) is 2.36. The first-order valence-electron chi connectivity index (χ1n) is 16.5. The third kappa shape index (κ3) is 11.2. The van der Waals surface area contributed by atoms with Crippen LogP contribution >= 0.6 is 0 Å². The quantitative estimate of drug-likeness (QED) is 0.173. The Morgan fingerprint density at radius 1 is 0.872 bits per heavy atom. The summed E-state index contributed by atoms with van der Waals surface area (Å²) in [7, 11) is 0. The number of piperazine rings is 2. The number of hydrogen-bond donors (Lipinski definition) is 5. The third-order valence-corrected chi connectivity index (χ3v) is 8.31. The van der Waals surface area contributed by atoms with Crippen molar-refractivity contribution in [3.8, 4) is 0 Å². The standard InChI is InChI=1S/C32H50N8O7/c1-32(2,3)47-30(43)39-18-16-38(17-19-39)29(42)45-24-6-4-8-25(9-5-7-24)46-31(44)40-15-14-35-21-26(40)27(41)36-20-22-10-12-23(13-11-22)37-28(33)34/h10-13,24-26,35H,4-9,14-21H2,1-3H3,(H,36,41)(H4,33,34,37)/t24-,25+,26?. The Kier molecular flexibility index (Phi) is 12.5. The van der Waals surface area contributed by atoms with Gasteiger partial charge in [0, 0.05) is 58.0 Å². The van der Waals surface area contributed by atoms with Gasteiger partial charge in [-0.2, -0.15) is 0 Å². The zero-order valence-corrected chi connectivity index (χ0v) is 27.7. The number of ether oxygens (including phenoxy) is 3. The number of rotatable bonds is 6. The van der Waals surface area contributed by atoms with E-state index in [4.69, 9.17) is 25.4 Å². The molecule has 0 radical (unpaired) electrons. The van der Waals surface area contributed by atoms with Gasteiger partial charge in [0.1, 0.15) is 23.9 Å². The fourth-order valence-corrected chi connectivity index (χ4v) is 5.82. The number of amides is 4. The molecule has 2 heterocycles. The van der Waals surface area contributed by atoms with Crippen LogP contribution in [0, 0.1) is 5.41 Å². The largest absolute Gasteiger partial charge is 0.446 e. The van der Waals surface area contributed by atoms with Crippen molar-refractivity contribution in [1.82, 2.24) is 25.3 Å². The number of guanidine groups is 1. The van der Waals surface area contributed by atoms with Gasteiger partial charge in [-0.15, -0.1) is 0 Å². The van der Waals surface area contributed by atoms with Crippen LogP contribution in [0.3, 0.4) is 0 Å². The lowest BCUT2D eigenvalue weighted by molar-refractivity contribution is -0.127. The maximum absolute atomic E-state index is 13.3. The van der Waals surface area contributed by atoms with E-state index in [0.717, 1.165) is 18.4 Å². The van der Waals surface area contributed by atoms with Gasteiger partial charge in [-0.25, -0.2) is 14.4 Å². The molecule has 1 aromatic carbocycles. The Hall–Kier alpha value is -4.27. The number of anilines is 1. The van der Waals surface area contributed by atoms with Gasteiger partial charge in [0.15, 0.2) is 5.96 Å². The smallest absolute Gasteiger partial charge is 0.410 e. The van der Waals surface area contributed by atoms with Crippen LogP contribution in [0.2, 0.25) is 0 Å². The van der Waals surface area contributed by atoms with Gasteiger partial charge in [-0.1, -0.05) is 12.1 Å². The Balaban J connectivity index is 1.18. The highest BCUT2D eigenvalue weighted by Crippen LogP contribution is 2.24. The lowest BCUT2D eigenvalue weighted by Crippen LogP contribution is -2.59. The minimum Gasteiger partial charge on any atom is -0.446 e. The Bertz CT molecular complexity index is 1240. The van der Waals surface area contributed by atoms with Crippen molar-refractivity contribution in [2.24, 2.45) is 5.73 Å². The van der Waals surface area contributed by atoms with Crippen molar-refractivity contribution in [1.29, 1.82) is 5.41 Å². The highest BCUT2D eigenvalue weighted by Gasteiger charge is 2.35. The molecule has 1 aromatic rings. The second-order valence-corrected chi connectivity index (χ2v) is 13.2. The summed E-state index contributed by atoms with van der Waals surface area (Å²) < 4.78 is 17.2. The average Bonchev–Trinajstić information content (AvgIpc) is 3.01. The molecule has 2 aliphatic heterocycles. The molecule has 2 saturated heterocycles.